The van der Waals surface area contributed by atoms with E-state index < -0.39 is 11.9 Å². The topological polar surface area (TPSA) is 62.5 Å². The zero-order valence-corrected chi connectivity index (χ0v) is 13.2. The number of rotatable bonds is 3. The van der Waals surface area contributed by atoms with E-state index in [-0.39, 0.29) is 5.91 Å². The number of hydrogen-bond acceptors (Lipinski definition) is 2. The number of aryl methyl sites for hydroxylation is 1. The van der Waals surface area contributed by atoms with Crippen LogP contribution in [0.2, 0.25) is 0 Å². The molecule has 1 aromatic rings. The first kappa shape index (κ1) is 15.6. The summed E-state index contributed by atoms with van der Waals surface area (Å²) >= 11 is 0. The first-order valence-corrected chi connectivity index (χ1v) is 7.53. The zero-order valence-electron chi connectivity index (χ0n) is 13.2. The van der Waals surface area contributed by atoms with Crippen LogP contribution in [0.1, 0.15) is 54.5 Å². The van der Waals surface area contributed by atoms with Crippen LogP contribution in [-0.4, -0.2) is 39.5 Å². The Morgan fingerprint density at radius 1 is 1.33 bits per heavy atom. The molecule has 1 amide bonds. The van der Waals surface area contributed by atoms with Crippen molar-refractivity contribution in [1.82, 2.24) is 9.47 Å². The van der Waals surface area contributed by atoms with Gasteiger partial charge in [-0.3, -0.25) is 9.59 Å². The summed E-state index contributed by atoms with van der Waals surface area (Å²) in [5.74, 6) is -1.28. The summed E-state index contributed by atoms with van der Waals surface area (Å²) in [4.78, 5) is 25.5. The van der Waals surface area contributed by atoms with E-state index in [2.05, 4.69) is 18.4 Å². The molecule has 1 saturated heterocycles. The predicted molar refractivity (Wildman–Crippen MR) is 80.6 cm³/mol. The first-order chi connectivity index (χ1) is 9.82. The maximum Gasteiger partial charge on any atom is 0.308 e. The van der Waals surface area contributed by atoms with Gasteiger partial charge in [-0.05, 0) is 46.6 Å². The molecular weight excluding hydrogens is 268 g/mol. The lowest BCUT2D eigenvalue weighted by Gasteiger charge is -2.30. The van der Waals surface area contributed by atoms with E-state index in [1.165, 1.54) is 0 Å². The van der Waals surface area contributed by atoms with E-state index in [9.17, 15) is 9.59 Å². The van der Waals surface area contributed by atoms with Gasteiger partial charge in [0, 0.05) is 30.5 Å². The second kappa shape index (κ2) is 5.92. The van der Waals surface area contributed by atoms with Crippen molar-refractivity contribution in [2.75, 3.05) is 13.1 Å². The summed E-state index contributed by atoms with van der Waals surface area (Å²) in [5, 5.41) is 9.14. The smallest absolute Gasteiger partial charge is 0.308 e. The van der Waals surface area contributed by atoms with Crippen LogP contribution in [0.3, 0.4) is 0 Å². The van der Waals surface area contributed by atoms with Crippen molar-refractivity contribution in [3.63, 3.8) is 0 Å². The molecule has 1 aliphatic rings. The fourth-order valence-electron chi connectivity index (χ4n) is 3.32. The molecule has 0 aromatic carbocycles. The van der Waals surface area contributed by atoms with E-state index in [0.29, 0.717) is 31.1 Å². The number of aromatic nitrogens is 1. The van der Waals surface area contributed by atoms with Gasteiger partial charge in [0.25, 0.3) is 5.91 Å². The summed E-state index contributed by atoms with van der Waals surface area (Å²) in [6.45, 7) is 9.11. The molecule has 1 aliphatic heterocycles. The molecule has 0 spiro atoms. The second-order valence-electron chi connectivity index (χ2n) is 6.18. The quantitative estimate of drug-likeness (QED) is 0.931. The molecule has 0 unspecified atom stereocenters. The second-order valence-corrected chi connectivity index (χ2v) is 6.18. The minimum atomic E-state index is -0.805. The zero-order chi connectivity index (χ0) is 15.7. The Morgan fingerprint density at radius 2 is 2.00 bits per heavy atom. The lowest BCUT2D eigenvalue weighted by molar-refractivity contribution is -0.143. The maximum atomic E-state index is 12.7. The largest absolute Gasteiger partial charge is 0.481 e. The molecule has 0 saturated carbocycles. The third kappa shape index (κ3) is 2.96. The van der Waals surface area contributed by atoms with Crippen molar-refractivity contribution in [2.45, 2.75) is 46.6 Å². The van der Waals surface area contributed by atoms with Crippen molar-refractivity contribution < 1.29 is 14.7 Å². The molecule has 1 atom stereocenters. The standard InChI is InChI=1S/C16H24N2O3/c1-10(2)18-11(3)8-14(12(18)4)15(19)17-7-5-6-13(9-17)16(20)21/h8,10,13H,5-7,9H2,1-4H3,(H,20,21)/t13-/m1/s1. The van der Waals surface area contributed by atoms with Crippen molar-refractivity contribution in [1.29, 1.82) is 0 Å². The van der Waals surface area contributed by atoms with Crippen LogP contribution in [0.5, 0.6) is 0 Å². The number of piperidine rings is 1. The third-order valence-electron chi connectivity index (χ3n) is 4.29. The van der Waals surface area contributed by atoms with E-state index in [4.69, 9.17) is 5.11 Å². The fraction of sp³-hybridized carbons (Fsp3) is 0.625. The van der Waals surface area contributed by atoms with Crippen molar-refractivity contribution in [3.8, 4) is 0 Å². The minimum absolute atomic E-state index is 0.0408. The Hall–Kier alpha value is -1.78. The average Bonchev–Trinajstić information content (AvgIpc) is 2.73. The number of carbonyl (C=O) groups is 2. The monoisotopic (exact) mass is 292 g/mol. The Morgan fingerprint density at radius 3 is 2.52 bits per heavy atom. The summed E-state index contributed by atoms with van der Waals surface area (Å²) in [6.07, 6.45) is 1.41. The molecule has 2 heterocycles. The summed E-state index contributed by atoms with van der Waals surface area (Å²) < 4.78 is 2.14. The highest BCUT2D eigenvalue weighted by Gasteiger charge is 2.30. The summed E-state index contributed by atoms with van der Waals surface area (Å²) in [5.41, 5.74) is 2.73. The van der Waals surface area contributed by atoms with Gasteiger partial charge in [-0.15, -0.1) is 0 Å². The molecular formula is C16H24N2O3. The molecule has 0 bridgehead atoms. The van der Waals surface area contributed by atoms with Gasteiger partial charge in [0.2, 0.25) is 0 Å². The molecule has 1 N–H and O–H groups in total. The van der Waals surface area contributed by atoms with E-state index in [0.717, 1.165) is 17.8 Å². The van der Waals surface area contributed by atoms with Crippen molar-refractivity contribution >= 4 is 11.9 Å². The highest BCUT2D eigenvalue weighted by atomic mass is 16.4. The minimum Gasteiger partial charge on any atom is -0.481 e. The van der Waals surface area contributed by atoms with Crippen LogP contribution in [-0.2, 0) is 4.79 Å². The van der Waals surface area contributed by atoms with Crippen LogP contribution >= 0.6 is 0 Å². The van der Waals surface area contributed by atoms with E-state index in [1.54, 1.807) is 4.90 Å². The molecule has 0 radical (unpaired) electrons. The molecule has 5 nitrogen and oxygen atoms in total. The number of carboxylic acids is 1. The Labute approximate surface area is 125 Å². The van der Waals surface area contributed by atoms with Gasteiger partial charge >= 0.3 is 5.97 Å². The molecule has 2 rings (SSSR count). The SMILES string of the molecule is Cc1cc(C(=O)N2CCC[C@@H](C(=O)O)C2)c(C)n1C(C)C. The Balaban J connectivity index is 2.24. The maximum absolute atomic E-state index is 12.7. The van der Waals surface area contributed by atoms with Gasteiger partial charge in [0.1, 0.15) is 0 Å². The number of aliphatic carboxylic acids is 1. The van der Waals surface area contributed by atoms with Gasteiger partial charge in [0.15, 0.2) is 0 Å². The molecule has 21 heavy (non-hydrogen) atoms. The molecule has 0 aliphatic carbocycles. The molecule has 116 valence electrons. The van der Waals surface area contributed by atoms with E-state index >= 15 is 0 Å². The molecule has 1 fully saturated rings. The number of nitrogens with zero attached hydrogens (tertiary/aromatic N) is 2. The number of carboxylic acid groups (broad SMARTS) is 1. The van der Waals surface area contributed by atoms with E-state index in [1.807, 2.05) is 19.9 Å². The third-order valence-corrected chi connectivity index (χ3v) is 4.29. The van der Waals surface area contributed by atoms with Crippen LogP contribution in [0.4, 0.5) is 0 Å². The molecule has 1 aromatic heterocycles. The van der Waals surface area contributed by atoms with Crippen molar-refractivity contribution in [3.05, 3.63) is 23.0 Å². The fourth-order valence-corrected chi connectivity index (χ4v) is 3.32. The Bertz CT molecular complexity index is 560. The molecule has 5 heteroatoms. The highest BCUT2D eigenvalue weighted by Crippen LogP contribution is 2.24. The van der Waals surface area contributed by atoms with Crippen LogP contribution in [0.25, 0.3) is 0 Å². The Kier molecular flexibility index (Phi) is 4.40. The van der Waals surface area contributed by atoms with Gasteiger partial charge in [0.05, 0.1) is 11.5 Å². The van der Waals surface area contributed by atoms with Crippen LogP contribution in [0.15, 0.2) is 6.07 Å². The summed E-state index contributed by atoms with van der Waals surface area (Å²) in [6, 6.07) is 2.22. The normalized spacial score (nSPS) is 19.1. The van der Waals surface area contributed by atoms with Crippen LogP contribution in [0, 0.1) is 19.8 Å². The number of carbonyl (C=O) groups excluding carboxylic acids is 1. The number of likely N-dealkylation sites (tertiary alicyclic amines) is 1. The van der Waals surface area contributed by atoms with Gasteiger partial charge in [-0.2, -0.15) is 0 Å². The van der Waals surface area contributed by atoms with Gasteiger partial charge in [-0.25, -0.2) is 0 Å². The average molecular weight is 292 g/mol. The van der Waals surface area contributed by atoms with Gasteiger partial charge < -0.3 is 14.6 Å². The number of hydrogen-bond donors (Lipinski definition) is 1. The first-order valence-electron chi connectivity index (χ1n) is 7.53. The lowest BCUT2D eigenvalue weighted by atomic mass is 9.97. The highest BCUT2D eigenvalue weighted by molar-refractivity contribution is 5.96. The van der Waals surface area contributed by atoms with Crippen molar-refractivity contribution in [2.24, 2.45) is 5.92 Å². The predicted octanol–water partition coefficient (Wildman–Crippen LogP) is 2.62. The van der Waals surface area contributed by atoms with Gasteiger partial charge in [-0.1, -0.05) is 0 Å². The van der Waals surface area contributed by atoms with Crippen LogP contribution < -0.4 is 0 Å². The lowest BCUT2D eigenvalue weighted by Crippen LogP contribution is -2.42. The number of amides is 1. The summed E-state index contributed by atoms with van der Waals surface area (Å²) in [7, 11) is 0.